The first-order valence-electron chi connectivity index (χ1n) is 9.42. The fourth-order valence-electron chi connectivity index (χ4n) is 2.58. The van der Waals surface area contributed by atoms with E-state index in [-0.39, 0.29) is 17.3 Å². The Morgan fingerprint density at radius 2 is 1.87 bits per heavy atom. The molecule has 3 aromatic rings. The van der Waals surface area contributed by atoms with Crippen LogP contribution in [0.3, 0.4) is 0 Å². The zero-order chi connectivity index (χ0) is 21.6. The van der Waals surface area contributed by atoms with E-state index in [9.17, 15) is 9.90 Å². The minimum atomic E-state index is -1.10. The number of aliphatic hydroxyl groups is 1. The summed E-state index contributed by atoms with van der Waals surface area (Å²) in [6.07, 6.45) is 3.03. The van der Waals surface area contributed by atoms with Gasteiger partial charge in [-0.2, -0.15) is 4.98 Å². The summed E-state index contributed by atoms with van der Waals surface area (Å²) in [5.41, 5.74) is 0.454. The van der Waals surface area contributed by atoms with Crippen LogP contribution in [0.25, 0.3) is 0 Å². The van der Waals surface area contributed by atoms with E-state index in [0.29, 0.717) is 24.0 Å². The molecule has 0 bridgehead atoms. The lowest BCUT2D eigenvalue weighted by Gasteiger charge is -2.18. The minimum Gasteiger partial charge on any atom is -0.384 e. The van der Waals surface area contributed by atoms with Gasteiger partial charge >= 0.3 is 0 Å². The molecule has 0 fully saturated rings. The van der Waals surface area contributed by atoms with E-state index in [1.54, 1.807) is 38.1 Å². The van der Waals surface area contributed by atoms with Crippen molar-refractivity contribution in [2.45, 2.75) is 19.4 Å². The zero-order valence-corrected chi connectivity index (χ0v) is 16.9. The van der Waals surface area contributed by atoms with Crippen LogP contribution in [0.4, 0.5) is 23.3 Å². The molecule has 154 valence electrons. The number of carbonyl (C=O) groups excluding carboxylic acids is 1. The molecule has 2 aromatic heterocycles. The second-order valence-corrected chi connectivity index (χ2v) is 7.04. The Morgan fingerprint density at radius 1 is 1.10 bits per heavy atom. The van der Waals surface area contributed by atoms with Crippen LogP contribution in [0.5, 0.6) is 0 Å². The van der Waals surface area contributed by atoms with Crippen LogP contribution in [-0.2, 0) is 5.60 Å². The molecule has 0 spiro atoms. The van der Waals surface area contributed by atoms with Gasteiger partial charge in [0.15, 0.2) is 0 Å². The van der Waals surface area contributed by atoms with E-state index in [4.69, 9.17) is 0 Å². The van der Waals surface area contributed by atoms with E-state index in [2.05, 4.69) is 37.5 Å². The Labute approximate surface area is 175 Å². The lowest BCUT2D eigenvalue weighted by molar-refractivity contribution is 0.0740. The molecule has 0 saturated heterocycles. The van der Waals surface area contributed by atoms with Crippen LogP contribution >= 0.6 is 0 Å². The van der Waals surface area contributed by atoms with Crippen molar-refractivity contribution in [3.8, 4) is 0 Å². The second kappa shape index (κ2) is 9.15. The van der Waals surface area contributed by atoms with Gasteiger partial charge in [0, 0.05) is 18.4 Å². The number of aromatic nitrogens is 3. The highest BCUT2D eigenvalue weighted by atomic mass is 16.3. The Kier molecular flexibility index (Phi) is 6.38. The number of hydrogen-bond donors (Lipinski definition) is 4. The van der Waals surface area contributed by atoms with Crippen molar-refractivity contribution in [3.63, 3.8) is 0 Å². The number of benzene rings is 1. The average molecular weight is 404 g/mol. The number of carbonyl (C=O) groups is 1. The molecular weight excluding hydrogens is 380 g/mol. The van der Waals surface area contributed by atoms with Crippen molar-refractivity contribution >= 4 is 29.2 Å². The number of para-hydroxylation sites is 1. The summed E-state index contributed by atoms with van der Waals surface area (Å²) in [5, 5.41) is 19.1. The molecule has 0 radical (unpaired) electrons. The minimum absolute atomic E-state index is 0.255. The molecule has 0 atom stereocenters. The van der Waals surface area contributed by atoms with E-state index in [1.165, 1.54) is 6.20 Å². The summed E-state index contributed by atoms with van der Waals surface area (Å²) in [6, 6.07) is 14.7. The van der Waals surface area contributed by atoms with Gasteiger partial charge in [-0.3, -0.25) is 4.79 Å². The summed E-state index contributed by atoms with van der Waals surface area (Å²) in [7, 11) is 0. The van der Waals surface area contributed by atoms with Crippen LogP contribution in [-0.4, -0.2) is 32.5 Å². The number of pyridine rings is 1. The van der Waals surface area contributed by atoms with Crippen LogP contribution < -0.4 is 16.0 Å². The standard InChI is InChI=1S/C22H24N6O2/c1-4-13-23-20(29)16-14-24-21(25-15-9-6-5-7-10-15)28-19(16)27-18-12-8-11-17(26-18)22(2,3)30/h4-12,14,30H,1,13H2,2-3H3,(H,23,29)(H2,24,25,26,27,28). The first-order chi connectivity index (χ1) is 14.4. The summed E-state index contributed by atoms with van der Waals surface area (Å²) < 4.78 is 0. The van der Waals surface area contributed by atoms with Crippen molar-refractivity contribution in [2.24, 2.45) is 0 Å². The van der Waals surface area contributed by atoms with E-state index < -0.39 is 5.60 Å². The van der Waals surface area contributed by atoms with Crippen LogP contribution in [0.2, 0.25) is 0 Å². The summed E-state index contributed by atoms with van der Waals surface area (Å²) in [6.45, 7) is 7.22. The van der Waals surface area contributed by atoms with E-state index >= 15 is 0 Å². The van der Waals surface area contributed by atoms with Gasteiger partial charge in [0.1, 0.15) is 22.8 Å². The maximum absolute atomic E-state index is 12.6. The van der Waals surface area contributed by atoms with E-state index in [0.717, 1.165) is 5.69 Å². The number of rotatable bonds is 8. The molecule has 1 aromatic carbocycles. The number of amides is 1. The largest absolute Gasteiger partial charge is 0.384 e. The molecule has 0 aliphatic carbocycles. The van der Waals surface area contributed by atoms with Gasteiger partial charge in [-0.15, -0.1) is 6.58 Å². The van der Waals surface area contributed by atoms with Gasteiger partial charge in [0.2, 0.25) is 5.95 Å². The predicted octanol–water partition coefficient (Wildman–Crippen LogP) is 3.50. The Morgan fingerprint density at radius 3 is 2.57 bits per heavy atom. The third-order valence-electron chi connectivity index (χ3n) is 4.09. The number of hydrogen-bond acceptors (Lipinski definition) is 7. The van der Waals surface area contributed by atoms with Crippen LogP contribution in [0, 0.1) is 0 Å². The van der Waals surface area contributed by atoms with Crippen molar-refractivity contribution in [1.29, 1.82) is 0 Å². The van der Waals surface area contributed by atoms with Crippen molar-refractivity contribution in [3.05, 3.63) is 78.6 Å². The Bertz CT molecular complexity index is 1030. The van der Waals surface area contributed by atoms with Gasteiger partial charge in [-0.1, -0.05) is 30.3 Å². The van der Waals surface area contributed by atoms with Crippen molar-refractivity contribution in [1.82, 2.24) is 20.3 Å². The molecule has 2 heterocycles. The molecule has 8 heteroatoms. The Hall–Kier alpha value is -3.78. The average Bonchev–Trinajstić information content (AvgIpc) is 2.72. The first kappa shape index (κ1) is 20.9. The summed E-state index contributed by atoms with van der Waals surface area (Å²) in [5.74, 6) is 0.701. The summed E-state index contributed by atoms with van der Waals surface area (Å²) in [4.78, 5) is 25.7. The topological polar surface area (TPSA) is 112 Å². The highest BCUT2D eigenvalue weighted by molar-refractivity contribution is 5.99. The molecule has 4 N–H and O–H groups in total. The monoisotopic (exact) mass is 404 g/mol. The fourth-order valence-corrected chi connectivity index (χ4v) is 2.58. The summed E-state index contributed by atoms with van der Waals surface area (Å²) >= 11 is 0. The second-order valence-electron chi connectivity index (χ2n) is 7.04. The molecule has 8 nitrogen and oxygen atoms in total. The molecule has 3 rings (SSSR count). The van der Waals surface area contributed by atoms with Crippen LogP contribution in [0.15, 0.2) is 67.4 Å². The van der Waals surface area contributed by atoms with Gasteiger partial charge < -0.3 is 21.1 Å². The molecule has 30 heavy (non-hydrogen) atoms. The SMILES string of the molecule is C=CCNC(=O)c1cnc(Nc2ccccc2)nc1Nc1cccc(C(C)(C)O)n1. The quantitative estimate of drug-likeness (QED) is 0.425. The highest BCUT2D eigenvalue weighted by Gasteiger charge is 2.19. The van der Waals surface area contributed by atoms with Crippen LogP contribution in [0.1, 0.15) is 29.9 Å². The maximum Gasteiger partial charge on any atom is 0.256 e. The third kappa shape index (κ3) is 5.39. The number of nitrogens with one attached hydrogen (secondary N) is 3. The number of nitrogens with zero attached hydrogens (tertiary/aromatic N) is 3. The number of anilines is 4. The van der Waals surface area contributed by atoms with Crippen molar-refractivity contribution in [2.75, 3.05) is 17.2 Å². The normalized spacial score (nSPS) is 10.9. The maximum atomic E-state index is 12.6. The van der Waals surface area contributed by atoms with Gasteiger partial charge in [-0.05, 0) is 38.1 Å². The fraction of sp³-hybridized carbons (Fsp3) is 0.182. The predicted molar refractivity (Wildman–Crippen MR) is 117 cm³/mol. The first-order valence-corrected chi connectivity index (χ1v) is 9.42. The van der Waals surface area contributed by atoms with E-state index in [1.807, 2.05) is 30.3 Å². The lowest BCUT2D eigenvalue weighted by atomic mass is 10.1. The molecule has 0 unspecified atom stereocenters. The highest BCUT2D eigenvalue weighted by Crippen LogP contribution is 2.23. The lowest BCUT2D eigenvalue weighted by Crippen LogP contribution is -2.25. The zero-order valence-electron chi connectivity index (χ0n) is 16.9. The van der Waals surface area contributed by atoms with Gasteiger partial charge in [0.25, 0.3) is 5.91 Å². The molecule has 0 aliphatic rings. The van der Waals surface area contributed by atoms with Gasteiger partial charge in [-0.25, -0.2) is 9.97 Å². The van der Waals surface area contributed by atoms with Gasteiger partial charge in [0.05, 0.1) is 5.69 Å². The molecule has 0 saturated carbocycles. The van der Waals surface area contributed by atoms with Crippen molar-refractivity contribution < 1.29 is 9.90 Å². The smallest absolute Gasteiger partial charge is 0.256 e. The molecule has 1 amide bonds. The molecule has 0 aliphatic heterocycles. The third-order valence-corrected chi connectivity index (χ3v) is 4.09. The molecular formula is C22H24N6O2. The Balaban J connectivity index is 1.95.